The van der Waals surface area contributed by atoms with Crippen LogP contribution in [0.5, 0.6) is 0 Å². The Labute approximate surface area is 125 Å². The molecule has 1 fully saturated rings. The van der Waals surface area contributed by atoms with Crippen molar-refractivity contribution in [1.29, 1.82) is 0 Å². The average Bonchev–Trinajstić information content (AvgIpc) is 3.16. The van der Waals surface area contributed by atoms with Gasteiger partial charge in [0.2, 0.25) is 17.6 Å². The molecule has 0 N–H and O–H groups in total. The van der Waals surface area contributed by atoms with Crippen LogP contribution in [0.1, 0.15) is 12.3 Å². The first-order chi connectivity index (χ1) is 9.83. The molecule has 0 aliphatic carbocycles. The zero-order valence-corrected chi connectivity index (χ0v) is 12.6. The number of carbonyl (C=O) groups excluding carboxylic acids is 1. The molecule has 0 radical (unpaired) electrons. The number of thiophene rings is 1. The van der Waals surface area contributed by atoms with Crippen molar-refractivity contribution in [1.82, 2.24) is 15.0 Å². The van der Waals surface area contributed by atoms with E-state index in [1.54, 1.807) is 11.3 Å². The summed E-state index contributed by atoms with van der Waals surface area (Å²) >= 11 is 3.49. The van der Waals surface area contributed by atoms with Gasteiger partial charge >= 0.3 is 0 Å². The molecule has 1 aliphatic rings. The Morgan fingerprint density at radius 2 is 2.25 bits per heavy atom. The molecule has 2 aromatic heterocycles. The van der Waals surface area contributed by atoms with E-state index in [0.29, 0.717) is 24.6 Å². The number of hydrogen-bond donors (Lipinski definition) is 0. The van der Waals surface area contributed by atoms with Crippen LogP contribution >= 0.6 is 23.1 Å². The van der Waals surface area contributed by atoms with Gasteiger partial charge in [-0.2, -0.15) is 28.1 Å². The summed E-state index contributed by atoms with van der Waals surface area (Å²) < 4.78 is 5.19. The monoisotopic (exact) mass is 309 g/mol. The molecule has 1 aliphatic heterocycles. The summed E-state index contributed by atoms with van der Waals surface area (Å²) in [5.74, 6) is 3.39. The van der Waals surface area contributed by atoms with Crippen molar-refractivity contribution < 1.29 is 9.32 Å². The molecule has 1 saturated heterocycles. The van der Waals surface area contributed by atoms with Gasteiger partial charge in [0, 0.05) is 48.4 Å². The number of thioether (sulfide) groups is 1. The summed E-state index contributed by atoms with van der Waals surface area (Å²) in [5, 5.41) is 7.89. The van der Waals surface area contributed by atoms with E-state index in [-0.39, 0.29) is 5.91 Å². The van der Waals surface area contributed by atoms with E-state index in [4.69, 9.17) is 4.52 Å². The first-order valence-corrected chi connectivity index (χ1v) is 8.63. The van der Waals surface area contributed by atoms with Crippen LogP contribution in [0.25, 0.3) is 11.4 Å². The number of nitrogens with zero attached hydrogens (tertiary/aromatic N) is 3. The van der Waals surface area contributed by atoms with Gasteiger partial charge in [-0.15, -0.1) is 0 Å². The second kappa shape index (κ2) is 6.41. The smallest absolute Gasteiger partial charge is 0.227 e. The molecule has 3 rings (SSSR count). The molecule has 5 nitrogen and oxygen atoms in total. The number of rotatable bonds is 4. The van der Waals surface area contributed by atoms with Gasteiger partial charge in [-0.25, -0.2) is 0 Å². The van der Waals surface area contributed by atoms with Gasteiger partial charge in [-0.3, -0.25) is 4.79 Å². The van der Waals surface area contributed by atoms with Crippen molar-refractivity contribution in [3.63, 3.8) is 0 Å². The van der Waals surface area contributed by atoms with Crippen LogP contribution in [0.4, 0.5) is 0 Å². The summed E-state index contributed by atoms with van der Waals surface area (Å²) in [5.41, 5.74) is 0.962. The van der Waals surface area contributed by atoms with Crippen molar-refractivity contribution in [2.45, 2.75) is 12.8 Å². The quantitative estimate of drug-likeness (QED) is 0.867. The highest BCUT2D eigenvalue weighted by Crippen LogP contribution is 2.19. The lowest BCUT2D eigenvalue weighted by Gasteiger charge is -2.26. The Bertz CT molecular complexity index is 562. The van der Waals surface area contributed by atoms with Crippen LogP contribution in [-0.2, 0) is 11.2 Å². The SMILES string of the molecule is O=C(CCc1nc(-c2ccsc2)no1)N1CCSCC1. The molecule has 20 heavy (non-hydrogen) atoms. The number of amides is 1. The van der Waals surface area contributed by atoms with Gasteiger partial charge < -0.3 is 9.42 Å². The van der Waals surface area contributed by atoms with Gasteiger partial charge in [0.25, 0.3) is 0 Å². The Morgan fingerprint density at radius 1 is 1.40 bits per heavy atom. The molecule has 0 atom stereocenters. The summed E-state index contributed by atoms with van der Waals surface area (Å²) in [4.78, 5) is 18.3. The van der Waals surface area contributed by atoms with Gasteiger partial charge in [-0.1, -0.05) is 5.16 Å². The highest BCUT2D eigenvalue weighted by molar-refractivity contribution is 7.99. The van der Waals surface area contributed by atoms with Crippen molar-refractivity contribution in [2.24, 2.45) is 0 Å². The van der Waals surface area contributed by atoms with Crippen LogP contribution in [0, 0.1) is 0 Å². The topological polar surface area (TPSA) is 59.2 Å². The van der Waals surface area contributed by atoms with Gasteiger partial charge in [0.1, 0.15) is 0 Å². The Balaban J connectivity index is 1.54. The Morgan fingerprint density at radius 3 is 3.00 bits per heavy atom. The van der Waals surface area contributed by atoms with Crippen LogP contribution < -0.4 is 0 Å². The Kier molecular flexibility index (Phi) is 4.37. The van der Waals surface area contributed by atoms with Gasteiger partial charge in [0.05, 0.1) is 0 Å². The van der Waals surface area contributed by atoms with Crippen molar-refractivity contribution >= 4 is 29.0 Å². The lowest BCUT2D eigenvalue weighted by atomic mass is 10.2. The maximum Gasteiger partial charge on any atom is 0.227 e. The highest BCUT2D eigenvalue weighted by atomic mass is 32.2. The number of aryl methyl sites for hydroxylation is 1. The van der Waals surface area contributed by atoms with E-state index in [1.807, 2.05) is 33.5 Å². The lowest BCUT2D eigenvalue weighted by Crippen LogP contribution is -2.37. The maximum absolute atomic E-state index is 12.0. The van der Waals surface area contributed by atoms with Crippen LogP contribution in [-0.4, -0.2) is 45.5 Å². The van der Waals surface area contributed by atoms with Crippen molar-refractivity contribution in [2.75, 3.05) is 24.6 Å². The van der Waals surface area contributed by atoms with E-state index in [0.717, 1.165) is 30.2 Å². The second-order valence-electron chi connectivity index (χ2n) is 4.52. The minimum atomic E-state index is 0.181. The van der Waals surface area contributed by atoms with E-state index in [2.05, 4.69) is 10.1 Å². The summed E-state index contributed by atoms with van der Waals surface area (Å²) in [6.45, 7) is 1.71. The zero-order valence-electron chi connectivity index (χ0n) is 10.9. The fourth-order valence-corrected chi connectivity index (χ4v) is 3.59. The van der Waals surface area contributed by atoms with E-state index in [1.165, 1.54) is 0 Å². The predicted octanol–water partition coefficient (Wildman–Crippen LogP) is 2.31. The maximum atomic E-state index is 12.0. The average molecular weight is 309 g/mol. The second-order valence-corrected chi connectivity index (χ2v) is 6.52. The standard InChI is InChI=1S/C13H15N3O2S2/c17-12(16-4-7-19-8-5-16)2-1-11-14-13(15-18-11)10-3-6-20-9-10/h3,6,9H,1-2,4-5,7-8H2. The summed E-state index contributed by atoms with van der Waals surface area (Å²) in [6.07, 6.45) is 0.954. The predicted molar refractivity (Wildman–Crippen MR) is 79.8 cm³/mol. The molecule has 0 bridgehead atoms. The van der Waals surface area contributed by atoms with Crippen LogP contribution in [0.2, 0.25) is 0 Å². The largest absolute Gasteiger partial charge is 0.341 e. The van der Waals surface area contributed by atoms with Crippen LogP contribution in [0.3, 0.4) is 0 Å². The third-order valence-corrected chi connectivity index (χ3v) is 4.79. The lowest BCUT2D eigenvalue weighted by molar-refractivity contribution is -0.130. The first kappa shape index (κ1) is 13.6. The van der Waals surface area contributed by atoms with Crippen LogP contribution in [0.15, 0.2) is 21.3 Å². The molecule has 0 spiro atoms. The minimum Gasteiger partial charge on any atom is -0.341 e. The van der Waals surface area contributed by atoms with E-state index in [9.17, 15) is 4.79 Å². The molecular formula is C13H15N3O2S2. The summed E-state index contributed by atoms with van der Waals surface area (Å²) in [7, 11) is 0. The number of carbonyl (C=O) groups is 1. The van der Waals surface area contributed by atoms with E-state index >= 15 is 0 Å². The molecule has 106 valence electrons. The minimum absolute atomic E-state index is 0.181. The van der Waals surface area contributed by atoms with Gasteiger partial charge in [-0.05, 0) is 11.4 Å². The normalized spacial score (nSPS) is 15.5. The van der Waals surface area contributed by atoms with Gasteiger partial charge in [0.15, 0.2) is 0 Å². The molecule has 3 heterocycles. The molecule has 1 amide bonds. The Hall–Kier alpha value is -1.34. The third kappa shape index (κ3) is 3.21. The van der Waals surface area contributed by atoms with Crippen molar-refractivity contribution in [3.05, 3.63) is 22.7 Å². The molecule has 0 unspecified atom stereocenters. The molecule has 2 aromatic rings. The molecule has 0 saturated carbocycles. The summed E-state index contributed by atoms with van der Waals surface area (Å²) in [6, 6.07) is 1.95. The zero-order chi connectivity index (χ0) is 13.8. The molecule has 0 aromatic carbocycles. The molecular weight excluding hydrogens is 294 g/mol. The fraction of sp³-hybridized carbons (Fsp3) is 0.462. The first-order valence-electron chi connectivity index (χ1n) is 6.53. The highest BCUT2D eigenvalue weighted by Gasteiger charge is 2.18. The van der Waals surface area contributed by atoms with E-state index < -0.39 is 0 Å². The fourth-order valence-electron chi connectivity index (χ4n) is 2.05. The van der Waals surface area contributed by atoms with Crippen molar-refractivity contribution in [3.8, 4) is 11.4 Å². The number of hydrogen-bond acceptors (Lipinski definition) is 6. The number of aromatic nitrogens is 2. The third-order valence-electron chi connectivity index (χ3n) is 3.16. The molecule has 7 heteroatoms.